The lowest BCUT2D eigenvalue weighted by Crippen LogP contribution is -2.56. The van der Waals surface area contributed by atoms with E-state index < -0.39 is 0 Å². The molecule has 2 atom stereocenters. The van der Waals surface area contributed by atoms with E-state index in [-0.39, 0.29) is 11.7 Å². The summed E-state index contributed by atoms with van der Waals surface area (Å²) in [6.07, 6.45) is 0. The third-order valence-electron chi connectivity index (χ3n) is 4.05. The average Bonchev–Trinajstić information content (AvgIpc) is 2.37. The van der Waals surface area contributed by atoms with Crippen LogP contribution >= 0.6 is 0 Å². The van der Waals surface area contributed by atoms with Crippen molar-refractivity contribution in [1.82, 2.24) is 9.80 Å². The summed E-state index contributed by atoms with van der Waals surface area (Å²) < 4.78 is 13.2. The monoisotopic (exact) mass is 264 g/mol. The summed E-state index contributed by atoms with van der Waals surface area (Å²) >= 11 is 0. The van der Waals surface area contributed by atoms with Gasteiger partial charge in [0, 0.05) is 30.7 Å². The Labute approximate surface area is 114 Å². The third-order valence-corrected chi connectivity index (χ3v) is 4.05. The van der Waals surface area contributed by atoms with Crippen LogP contribution in [0.4, 0.5) is 4.39 Å². The molecule has 2 rings (SSSR count). The highest BCUT2D eigenvalue weighted by atomic mass is 19.1. The smallest absolute Gasteiger partial charge is 0.253 e. The first-order valence-corrected chi connectivity index (χ1v) is 6.67. The molecule has 0 bridgehead atoms. The van der Waals surface area contributed by atoms with Crippen LogP contribution in [0.25, 0.3) is 0 Å². The van der Waals surface area contributed by atoms with Crippen molar-refractivity contribution in [2.75, 3.05) is 20.1 Å². The van der Waals surface area contributed by atoms with E-state index in [2.05, 4.69) is 25.8 Å². The molecule has 1 heterocycles. The molecule has 1 aliphatic rings. The largest absolute Gasteiger partial charge is 0.336 e. The zero-order chi connectivity index (χ0) is 14.2. The van der Waals surface area contributed by atoms with Gasteiger partial charge in [0.1, 0.15) is 5.82 Å². The highest BCUT2D eigenvalue weighted by Gasteiger charge is 2.29. The number of halogens is 1. The summed E-state index contributed by atoms with van der Waals surface area (Å²) in [6, 6.07) is 5.25. The van der Waals surface area contributed by atoms with E-state index in [1.165, 1.54) is 6.07 Å². The fraction of sp³-hybridized carbons (Fsp3) is 0.533. The number of hydrogen-bond donors (Lipinski definition) is 0. The molecule has 1 aromatic rings. The van der Waals surface area contributed by atoms with Crippen molar-refractivity contribution in [1.29, 1.82) is 0 Å². The average molecular weight is 264 g/mol. The Kier molecular flexibility index (Phi) is 3.90. The van der Waals surface area contributed by atoms with E-state index in [0.717, 1.165) is 13.1 Å². The normalized spacial score (nSPS) is 24.6. The SMILES string of the molecule is Cc1cc(C(=O)N2CC(C)N(C)C(C)C2)ccc1F. The number of aryl methyl sites for hydroxylation is 1. The minimum atomic E-state index is -0.267. The fourth-order valence-electron chi connectivity index (χ4n) is 2.53. The van der Waals surface area contributed by atoms with Gasteiger partial charge in [0.25, 0.3) is 5.91 Å². The minimum Gasteiger partial charge on any atom is -0.336 e. The highest BCUT2D eigenvalue weighted by Crippen LogP contribution is 2.17. The summed E-state index contributed by atoms with van der Waals surface area (Å²) in [5.74, 6) is -0.272. The van der Waals surface area contributed by atoms with Gasteiger partial charge in [0.05, 0.1) is 0 Å². The molecule has 1 fully saturated rings. The Balaban J connectivity index is 2.17. The number of carbonyl (C=O) groups excluding carboxylic acids is 1. The Morgan fingerprint density at radius 3 is 2.37 bits per heavy atom. The lowest BCUT2D eigenvalue weighted by Gasteiger charge is -2.42. The fourth-order valence-corrected chi connectivity index (χ4v) is 2.53. The number of rotatable bonds is 1. The van der Waals surface area contributed by atoms with E-state index in [9.17, 15) is 9.18 Å². The topological polar surface area (TPSA) is 23.6 Å². The molecule has 1 amide bonds. The number of amides is 1. The molecule has 2 unspecified atom stereocenters. The zero-order valence-corrected chi connectivity index (χ0v) is 12.0. The molecule has 4 heteroatoms. The van der Waals surface area contributed by atoms with Crippen LogP contribution in [0.3, 0.4) is 0 Å². The van der Waals surface area contributed by atoms with E-state index in [1.54, 1.807) is 19.1 Å². The van der Waals surface area contributed by atoms with Crippen LogP contribution in [0.15, 0.2) is 18.2 Å². The Morgan fingerprint density at radius 2 is 1.84 bits per heavy atom. The molecule has 0 N–H and O–H groups in total. The van der Waals surface area contributed by atoms with Crippen LogP contribution in [0.1, 0.15) is 29.8 Å². The van der Waals surface area contributed by atoms with Gasteiger partial charge >= 0.3 is 0 Å². The molecule has 104 valence electrons. The summed E-state index contributed by atoms with van der Waals surface area (Å²) in [4.78, 5) is 16.6. The van der Waals surface area contributed by atoms with Crippen molar-refractivity contribution in [3.8, 4) is 0 Å². The van der Waals surface area contributed by atoms with Crippen LogP contribution in [-0.4, -0.2) is 47.9 Å². The molecule has 1 aromatic carbocycles. The molecule has 19 heavy (non-hydrogen) atoms. The second kappa shape index (κ2) is 5.29. The standard InChI is InChI=1S/C15H21FN2O/c1-10-7-13(5-6-14(10)16)15(19)18-8-11(2)17(4)12(3)9-18/h5-7,11-12H,8-9H2,1-4H3. The molecule has 1 aliphatic heterocycles. The van der Waals surface area contributed by atoms with Crippen molar-refractivity contribution in [3.05, 3.63) is 35.1 Å². The maximum Gasteiger partial charge on any atom is 0.253 e. The van der Waals surface area contributed by atoms with Crippen LogP contribution in [0, 0.1) is 12.7 Å². The molecule has 0 aromatic heterocycles. The molecule has 3 nitrogen and oxygen atoms in total. The van der Waals surface area contributed by atoms with E-state index >= 15 is 0 Å². The van der Waals surface area contributed by atoms with E-state index in [4.69, 9.17) is 0 Å². The number of benzene rings is 1. The zero-order valence-electron chi connectivity index (χ0n) is 12.0. The highest BCUT2D eigenvalue weighted by molar-refractivity contribution is 5.94. The summed E-state index contributed by atoms with van der Waals surface area (Å²) in [6.45, 7) is 7.35. The number of likely N-dealkylation sites (N-methyl/N-ethyl adjacent to an activating group) is 1. The molecular formula is C15H21FN2O. The lowest BCUT2D eigenvalue weighted by molar-refractivity contribution is 0.0414. The van der Waals surface area contributed by atoms with Crippen LogP contribution in [-0.2, 0) is 0 Å². The maximum atomic E-state index is 13.2. The Bertz CT molecular complexity index is 477. The molecule has 0 aliphatic carbocycles. The van der Waals surface area contributed by atoms with E-state index in [0.29, 0.717) is 23.2 Å². The molecular weight excluding hydrogens is 243 g/mol. The summed E-state index contributed by atoms with van der Waals surface area (Å²) in [7, 11) is 2.08. The predicted octanol–water partition coefficient (Wildman–Crippen LogP) is 2.30. The second-order valence-electron chi connectivity index (χ2n) is 5.54. The molecule has 0 spiro atoms. The van der Waals surface area contributed by atoms with Gasteiger partial charge in [0.15, 0.2) is 0 Å². The second-order valence-corrected chi connectivity index (χ2v) is 5.54. The Morgan fingerprint density at radius 1 is 1.26 bits per heavy atom. The van der Waals surface area contributed by atoms with Crippen LogP contribution in [0.2, 0.25) is 0 Å². The number of piperazine rings is 1. The number of hydrogen-bond acceptors (Lipinski definition) is 2. The Hall–Kier alpha value is -1.42. The third kappa shape index (κ3) is 2.78. The minimum absolute atomic E-state index is 0.00472. The quantitative estimate of drug-likeness (QED) is 0.777. The van der Waals surface area contributed by atoms with Crippen molar-refractivity contribution < 1.29 is 9.18 Å². The summed E-state index contributed by atoms with van der Waals surface area (Å²) in [5.41, 5.74) is 1.09. The lowest BCUT2D eigenvalue weighted by atomic mass is 10.1. The molecule has 1 saturated heterocycles. The molecule has 0 saturated carbocycles. The van der Waals surface area contributed by atoms with Gasteiger partial charge in [-0.05, 0) is 51.6 Å². The molecule has 0 radical (unpaired) electrons. The number of nitrogens with zero attached hydrogens (tertiary/aromatic N) is 2. The first kappa shape index (κ1) is 14.0. The van der Waals surface area contributed by atoms with Crippen LogP contribution < -0.4 is 0 Å². The predicted molar refractivity (Wildman–Crippen MR) is 73.7 cm³/mol. The number of carbonyl (C=O) groups is 1. The van der Waals surface area contributed by atoms with Gasteiger partial charge in [0.2, 0.25) is 0 Å². The first-order valence-electron chi connectivity index (χ1n) is 6.67. The van der Waals surface area contributed by atoms with Gasteiger partial charge in [-0.2, -0.15) is 0 Å². The maximum absolute atomic E-state index is 13.2. The van der Waals surface area contributed by atoms with E-state index in [1.807, 2.05) is 4.90 Å². The first-order chi connectivity index (χ1) is 8.90. The van der Waals surface area contributed by atoms with Crippen molar-refractivity contribution in [3.63, 3.8) is 0 Å². The van der Waals surface area contributed by atoms with Crippen molar-refractivity contribution in [2.45, 2.75) is 32.9 Å². The summed E-state index contributed by atoms with van der Waals surface area (Å²) in [5, 5.41) is 0. The van der Waals surface area contributed by atoms with Gasteiger partial charge < -0.3 is 4.90 Å². The van der Waals surface area contributed by atoms with Crippen LogP contribution in [0.5, 0.6) is 0 Å². The van der Waals surface area contributed by atoms with Crippen molar-refractivity contribution >= 4 is 5.91 Å². The van der Waals surface area contributed by atoms with Gasteiger partial charge in [-0.1, -0.05) is 0 Å². The van der Waals surface area contributed by atoms with Gasteiger partial charge in [-0.25, -0.2) is 4.39 Å². The van der Waals surface area contributed by atoms with Gasteiger partial charge in [-0.15, -0.1) is 0 Å². The van der Waals surface area contributed by atoms with Gasteiger partial charge in [-0.3, -0.25) is 9.69 Å². The van der Waals surface area contributed by atoms with Crippen molar-refractivity contribution in [2.24, 2.45) is 0 Å².